The van der Waals surface area contributed by atoms with E-state index in [0.29, 0.717) is 16.8 Å². The Kier molecular flexibility index (Phi) is 4.23. The zero-order chi connectivity index (χ0) is 12.1. The van der Waals surface area contributed by atoms with Gasteiger partial charge in [-0.05, 0) is 24.6 Å². The first-order chi connectivity index (χ1) is 7.58. The highest BCUT2D eigenvalue weighted by Gasteiger charge is 2.09. The maximum Gasteiger partial charge on any atom is 0.125 e. The number of aryl methyl sites for hydroxylation is 1. The van der Waals surface area contributed by atoms with Crippen LogP contribution in [0.1, 0.15) is 11.1 Å². The summed E-state index contributed by atoms with van der Waals surface area (Å²) in [7, 11) is 0. The molecule has 1 atom stereocenters. The van der Waals surface area contributed by atoms with Gasteiger partial charge in [-0.1, -0.05) is 0 Å². The zero-order valence-electron chi connectivity index (χ0n) is 8.87. The van der Waals surface area contributed by atoms with Crippen molar-refractivity contribution in [2.24, 2.45) is 0 Å². The highest BCUT2D eigenvalue weighted by atomic mass is 19.1. The van der Waals surface area contributed by atoms with Gasteiger partial charge in [0.15, 0.2) is 0 Å². The molecule has 1 aromatic carbocycles. The molecule has 86 valence electrons. The van der Waals surface area contributed by atoms with Gasteiger partial charge in [0.1, 0.15) is 11.9 Å². The summed E-state index contributed by atoms with van der Waals surface area (Å²) < 4.78 is 13.1. The summed E-state index contributed by atoms with van der Waals surface area (Å²) in [4.78, 5) is 0. The molecule has 0 heterocycles. The van der Waals surface area contributed by atoms with E-state index >= 15 is 0 Å². The Labute approximate surface area is 93.0 Å². The summed E-state index contributed by atoms with van der Waals surface area (Å²) >= 11 is 0. The normalized spacial score (nSPS) is 11.9. The second kappa shape index (κ2) is 5.45. The number of aliphatic hydroxyl groups excluding tert-OH is 2. The van der Waals surface area contributed by atoms with Crippen molar-refractivity contribution in [2.75, 3.05) is 18.5 Å². The molecule has 3 N–H and O–H groups in total. The van der Waals surface area contributed by atoms with Gasteiger partial charge in [0.05, 0.1) is 24.0 Å². The molecule has 0 aliphatic carbocycles. The molecule has 16 heavy (non-hydrogen) atoms. The quantitative estimate of drug-likeness (QED) is 0.706. The Bertz CT molecular complexity index is 415. The molecule has 0 saturated heterocycles. The van der Waals surface area contributed by atoms with E-state index in [1.54, 1.807) is 6.92 Å². The van der Waals surface area contributed by atoms with Gasteiger partial charge >= 0.3 is 0 Å². The number of hydrogen-bond donors (Lipinski definition) is 3. The molecule has 0 aliphatic rings. The van der Waals surface area contributed by atoms with Crippen LogP contribution in [-0.4, -0.2) is 29.5 Å². The first-order valence-electron chi connectivity index (χ1n) is 4.81. The van der Waals surface area contributed by atoms with Crippen molar-refractivity contribution in [3.05, 3.63) is 29.1 Å². The lowest BCUT2D eigenvalue weighted by atomic mass is 10.1. The van der Waals surface area contributed by atoms with Crippen molar-refractivity contribution in [3.63, 3.8) is 0 Å². The van der Waals surface area contributed by atoms with Gasteiger partial charge in [-0.2, -0.15) is 5.26 Å². The Balaban J connectivity index is 2.91. The number of nitrogens with zero attached hydrogens (tertiary/aromatic N) is 1. The Hall–Kier alpha value is -1.64. The molecule has 1 aromatic rings. The number of halogens is 1. The molecule has 0 saturated carbocycles. The first kappa shape index (κ1) is 12.4. The molecule has 0 aromatic heterocycles. The SMILES string of the molecule is Cc1cc(F)cc(NCC(O)CO)c1C#N. The van der Waals surface area contributed by atoms with Crippen LogP contribution < -0.4 is 5.32 Å². The van der Waals surface area contributed by atoms with Crippen molar-refractivity contribution in [3.8, 4) is 6.07 Å². The van der Waals surface area contributed by atoms with Crippen LogP contribution in [0.15, 0.2) is 12.1 Å². The molecule has 0 radical (unpaired) electrons. The molecule has 0 bridgehead atoms. The standard InChI is InChI=1S/C11H13FN2O2/c1-7-2-8(12)3-11(10(7)4-13)14-5-9(16)6-15/h2-3,9,14-16H,5-6H2,1H3. The van der Waals surface area contributed by atoms with Crippen LogP contribution >= 0.6 is 0 Å². The third-order valence-electron chi connectivity index (χ3n) is 2.15. The minimum Gasteiger partial charge on any atom is -0.394 e. The topological polar surface area (TPSA) is 76.3 Å². The molecule has 4 nitrogen and oxygen atoms in total. The van der Waals surface area contributed by atoms with Gasteiger partial charge in [-0.25, -0.2) is 4.39 Å². The summed E-state index contributed by atoms with van der Waals surface area (Å²) in [5.41, 5.74) is 1.20. The van der Waals surface area contributed by atoms with Gasteiger partial charge in [-0.15, -0.1) is 0 Å². The predicted molar refractivity (Wildman–Crippen MR) is 57.4 cm³/mol. The maximum atomic E-state index is 13.1. The van der Waals surface area contributed by atoms with Crippen LogP contribution in [0.25, 0.3) is 0 Å². The van der Waals surface area contributed by atoms with E-state index in [-0.39, 0.29) is 13.2 Å². The lowest BCUT2D eigenvalue weighted by Gasteiger charge is -2.12. The Morgan fingerprint density at radius 2 is 2.25 bits per heavy atom. The van der Waals surface area contributed by atoms with Crippen molar-refractivity contribution in [2.45, 2.75) is 13.0 Å². The lowest BCUT2D eigenvalue weighted by molar-refractivity contribution is 0.105. The maximum absolute atomic E-state index is 13.1. The Morgan fingerprint density at radius 1 is 1.56 bits per heavy atom. The summed E-state index contributed by atoms with van der Waals surface area (Å²) in [6.45, 7) is 1.31. The molecule has 0 aliphatic heterocycles. The third kappa shape index (κ3) is 2.92. The molecule has 1 rings (SSSR count). The minimum atomic E-state index is -0.935. The number of nitrogens with one attached hydrogen (secondary N) is 1. The molecule has 0 spiro atoms. The van der Waals surface area contributed by atoms with Gasteiger partial charge in [0.2, 0.25) is 0 Å². The number of hydrogen-bond acceptors (Lipinski definition) is 4. The number of nitriles is 1. The second-order valence-corrected chi connectivity index (χ2v) is 3.47. The molecular formula is C11H13FN2O2. The van der Waals surface area contributed by atoms with Gasteiger partial charge < -0.3 is 15.5 Å². The highest BCUT2D eigenvalue weighted by molar-refractivity contribution is 5.60. The van der Waals surface area contributed by atoms with Gasteiger partial charge in [-0.3, -0.25) is 0 Å². The van der Waals surface area contributed by atoms with Crippen LogP contribution in [0.3, 0.4) is 0 Å². The zero-order valence-corrected chi connectivity index (χ0v) is 8.87. The second-order valence-electron chi connectivity index (χ2n) is 3.47. The molecular weight excluding hydrogens is 211 g/mol. The van der Waals surface area contributed by atoms with E-state index in [2.05, 4.69) is 5.32 Å². The van der Waals surface area contributed by atoms with E-state index in [1.165, 1.54) is 12.1 Å². The van der Waals surface area contributed by atoms with E-state index in [0.717, 1.165) is 0 Å². The summed E-state index contributed by atoms with van der Waals surface area (Å²) in [6, 6.07) is 4.42. The molecule has 5 heteroatoms. The van der Waals surface area contributed by atoms with Crippen LogP contribution in [0.5, 0.6) is 0 Å². The molecule has 0 fully saturated rings. The van der Waals surface area contributed by atoms with E-state index in [1.807, 2.05) is 6.07 Å². The number of anilines is 1. The van der Waals surface area contributed by atoms with Crippen LogP contribution in [0, 0.1) is 24.1 Å². The molecule has 1 unspecified atom stereocenters. The number of benzene rings is 1. The van der Waals surface area contributed by atoms with Crippen molar-refractivity contribution >= 4 is 5.69 Å². The summed E-state index contributed by atoms with van der Waals surface area (Å²) in [5, 5.41) is 29.4. The fraction of sp³-hybridized carbons (Fsp3) is 0.364. The van der Waals surface area contributed by atoms with Gasteiger partial charge in [0.25, 0.3) is 0 Å². The molecule has 0 amide bonds. The summed E-state index contributed by atoms with van der Waals surface area (Å²) in [5.74, 6) is -0.447. The fourth-order valence-electron chi connectivity index (χ4n) is 1.32. The summed E-state index contributed by atoms with van der Waals surface area (Å²) in [6.07, 6.45) is -0.935. The van der Waals surface area contributed by atoms with Crippen LogP contribution in [0.4, 0.5) is 10.1 Å². The lowest BCUT2D eigenvalue weighted by Crippen LogP contribution is -2.23. The van der Waals surface area contributed by atoms with Gasteiger partial charge in [0, 0.05) is 6.54 Å². The average Bonchev–Trinajstić information content (AvgIpc) is 2.25. The number of rotatable bonds is 4. The van der Waals surface area contributed by atoms with Crippen LogP contribution in [-0.2, 0) is 0 Å². The Morgan fingerprint density at radius 3 is 2.81 bits per heavy atom. The predicted octanol–water partition coefficient (Wildman–Crippen LogP) is 0.771. The average molecular weight is 224 g/mol. The monoisotopic (exact) mass is 224 g/mol. The largest absolute Gasteiger partial charge is 0.394 e. The fourth-order valence-corrected chi connectivity index (χ4v) is 1.32. The number of aliphatic hydroxyl groups is 2. The van der Waals surface area contributed by atoms with E-state index in [4.69, 9.17) is 15.5 Å². The van der Waals surface area contributed by atoms with Crippen LogP contribution in [0.2, 0.25) is 0 Å². The van der Waals surface area contributed by atoms with E-state index in [9.17, 15) is 4.39 Å². The minimum absolute atomic E-state index is 0.0636. The highest BCUT2D eigenvalue weighted by Crippen LogP contribution is 2.20. The smallest absolute Gasteiger partial charge is 0.125 e. The first-order valence-corrected chi connectivity index (χ1v) is 4.81. The van der Waals surface area contributed by atoms with Crippen molar-refractivity contribution in [1.82, 2.24) is 0 Å². The van der Waals surface area contributed by atoms with E-state index < -0.39 is 11.9 Å². The van der Waals surface area contributed by atoms with Crippen molar-refractivity contribution in [1.29, 1.82) is 5.26 Å². The van der Waals surface area contributed by atoms with Crippen molar-refractivity contribution < 1.29 is 14.6 Å². The third-order valence-corrected chi connectivity index (χ3v) is 2.15.